The van der Waals surface area contributed by atoms with Crippen LogP contribution >= 0.6 is 11.6 Å². The number of nitrogens with zero attached hydrogens (tertiary/aromatic N) is 6. The highest BCUT2D eigenvalue weighted by atomic mass is 35.5. The van der Waals surface area contributed by atoms with Gasteiger partial charge >= 0.3 is 0 Å². The second-order valence-electron chi connectivity index (χ2n) is 8.08. The molecule has 4 aromatic rings. The van der Waals surface area contributed by atoms with E-state index < -0.39 is 0 Å². The van der Waals surface area contributed by atoms with Crippen LogP contribution in [0.3, 0.4) is 0 Å². The molecule has 182 valence electrons. The van der Waals surface area contributed by atoms with Gasteiger partial charge in [-0.25, -0.2) is 4.39 Å². The Labute approximate surface area is 206 Å². The Hall–Kier alpha value is -3.79. The van der Waals surface area contributed by atoms with Crippen LogP contribution in [0.15, 0.2) is 48.8 Å². The summed E-state index contributed by atoms with van der Waals surface area (Å²) in [6, 6.07) is 11.5. The number of aromatic amines is 1. The molecule has 0 atom stereocenters. The minimum atomic E-state index is -0.268. The van der Waals surface area contributed by atoms with E-state index in [4.69, 9.17) is 16.3 Å². The molecule has 2 aromatic carbocycles. The third-order valence-corrected chi connectivity index (χ3v) is 5.96. The lowest BCUT2D eigenvalue weighted by Gasteiger charge is -2.19. The van der Waals surface area contributed by atoms with Gasteiger partial charge < -0.3 is 9.64 Å². The van der Waals surface area contributed by atoms with E-state index in [0.717, 1.165) is 42.6 Å². The van der Waals surface area contributed by atoms with Crippen molar-refractivity contribution in [2.75, 3.05) is 20.7 Å². The molecule has 2 aromatic heterocycles. The Morgan fingerprint density at radius 2 is 1.97 bits per heavy atom. The van der Waals surface area contributed by atoms with Gasteiger partial charge in [-0.1, -0.05) is 18.0 Å². The number of methoxy groups -OCH3 is 1. The predicted octanol–water partition coefficient (Wildman–Crippen LogP) is 4.34. The summed E-state index contributed by atoms with van der Waals surface area (Å²) in [6.07, 6.45) is 5.00. The lowest BCUT2D eigenvalue weighted by molar-refractivity contribution is 0.0789. The molecule has 0 spiro atoms. The molecule has 0 bridgehead atoms. The Bertz CT molecular complexity index is 1280. The first-order valence-electron chi connectivity index (χ1n) is 11.1. The first-order valence-corrected chi connectivity index (χ1v) is 11.5. The Kier molecular flexibility index (Phi) is 7.71. The molecule has 0 radical (unpaired) electrons. The van der Waals surface area contributed by atoms with Gasteiger partial charge in [-0.2, -0.15) is 9.78 Å². The maximum atomic E-state index is 13.1. The monoisotopic (exact) mass is 497 g/mol. The fraction of sp³-hybridized carbons (Fsp3) is 0.292. The van der Waals surface area contributed by atoms with Crippen LogP contribution in [-0.4, -0.2) is 61.9 Å². The molecule has 1 N–H and O–H groups in total. The molecule has 1 amide bonds. The molecule has 0 aliphatic rings. The number of aryl methyl sites for hydroxylation is 1. The molecule has 9 nitrogen and oxygen atoms in total. The summed E-state index contributed by atoms with van der Waals surface area (Å²) in [6.45, 7) is 0.595. The summed E-state index contributed by atoms with van der Waals surface area (Å²) >= 11 is 6.38. The lowest BCUT2D eigenvalue weighted by Crippen LogP contribution is -2.28. The van der Waals surface area contributed by atoms with Crippen molar-refractivity contribution in [2.24, 2.45) is 0 Å². The molecule has 35 heavy (non-hydrogen) atoms. The quantitative estimate of drug-likeness (QED) is 0.327. The van der Waals surface area contributed by atoms with E-state index in [1.54, 1.807) is 36.2 Å². The second kappa shape index (κ2) is 11.1. The molecule has 0 fully saturated rings. The fourth-order valence-corrected chi connectivity index (χ4v) is 3.98. The highest BCUT2D eigenvalue weighted by molar-refractivity contribution is 6.33. The summed E-state index contributed by atoms with van der Waals surface area (Å²) < 4.78 is 19.9. The number of unbranched alkanes of at least 4 members (excludes halogenated alkanes) is 2. The van der Waals surface area contributed by atoms with E-state index in [-0.39, 0.29) is 11.7 Å². The Balaban J connectivity index is 1.27. The number of amides is 1. The number of carbonyl (C=O) groups excluding carboxylic acids is 1. The third kappa shape index (κ3) is 5.83. The zero-order valence-electron chi connectivity index (χ0n) is 19.4. The Morgan fingerprint density at radius 3 is 2.69 bits per heavy atom. The number of hydrogen-bond donors (Lipinski definition) is 1. The molecule has 0 unspecified atom stereocenters. The molecular weight excluding hydrogens is 473 g/mol. The highest BCUT2D eigenvalue weighted by Crippen LogP contribution is 2.30. The summed E-state index contributed by atoms with van der Waals surface area (Å²) in [5, 5.41) is 18.7. The first-order chi connectivity index (χ1) is 17.0. The van der Waals surface area contributed by atoms with Crippen molar-refractivity contribution in [1.82, 2.24) is 35.3 Å². The van der Waals surface area contributed by atoms with E-state index in [1.807, 2.05) is 6.07 Å². The van der Waals surface area contributed by atoms with Crippen molar-refractivity contribution in [3.63, 3.8) is 0 Å². The molecule has 0 saturated carbocycles. The summed E-state index contributed by atoms with van der Waals surface area (Å²) in [7, 11) is 3.26. The number of carbonyl (C=O) groups is 1. The zero-order valence-corrected chi connectivity index (χ0v) is 20.2. The molecule has 0 saturated heterocycles. The normalized spacial score (nSPS) is 11.0. The van der Waals surface area contributed by atoms with Crippen LogP contribution in [0.1, 0.15) is 35.3 Å². The van der Waals surface area contributed by atoms with Crippen LogP contribution in [0.25, 0.3) is 16.9 Å². The van der Waals surface area contributed by atoms with Crippen molar-refractivity contribution in [3.8, 4) is 22.7 Å². The average molecular weight is 498 g/mol. The number of hydrogen-bond acceptors (Lipinski definition) is 6. The number of H-pyrrole nitrogens is 1. The molecule has 2 heterocycles. The van der Waals surface area contributed by atoms with Crippen LogP contribution in [0.4, 0.5) is 4.39 Å². The van der Waals surface area contributed by atoms with Crippen molar-refractivity contribution in [3.05, 3.63) is 70.9 Å². The van der Waals surface area contributed by atoms with Crippen LogP contribution in [0.2, 0.25) is 5.02 Å². The molecular formula is C24H25ClFN7O2. The molecule has 11 heteroatoms. The summed E-state index contributed by atoms with van der Waals surface area (Å²) in [5.41, 5.74) is 3.59. The van der Waals surface area contributed by atoms with Gasteiger partial charge in [0.25, 0.3) is 5.91 Å². The average Bonchev–Trinajstić information content (AvgIpc) is 3.56. The lowest BCUT2D eigenvalue weighted by atomic mass is 10.1. The van der Waals surface area contributed by atoms with Crippen molar-refractivity contribution >= 4 is 17.5 Å². The number of halogens is 2. The molecule has 0 aliphatic heterocycles. The maximum Gasteiger partial charge on any atom is 0.257 e. The largest absolute Gasteiger partial charge is 0.496 e. The summed E-state index contributed by atoms with van der Waals surface area (Å²) in [5.74, 6) is -0.0478. The molecule has 4 rings (SSSR count). The van der Waals surface area contributed by atoms with Crippen LogP contribution in [-0.2, 0) is 6.42 Å². The van der Waals surface area contributed by atoms with Gasteiger partial charge in [-0.15, -0.1) is 5.10 Å². The van der Waals surface area contributed by atoms with Crippen LogP contribution in [0.5, 0.6) is 5.75 Å². The number of benzene rings is 2. The number of ether oxygens (including phenoxy) is 1. The standard InChI is InChI=1S/C24H25ClFN7O2/c1-32(24(34)19-13-20(25)22(14-23(19)35-2)33-15-27-30-31-33)11-5-3-4-6-18-12-21(29-28-18)16-7-9-17(26)10-8-16/h7-10,12-15H,3-6,11H2,1-2H3,(H,28,29). The van der Waals surface area contributed by atoms with Gasteiger partial charge in [-0.3, -0.25) is 9.89 Å². The van der Waals surface area contributed by atoms with Gasteiger partial charge in [-0.05, 0) is 66.1 Å². The summed E-state index contributed by atoms with van der Waals surface area (Å²) in [4.78, 5) is 14.7. The van der Waals surface area contributed by atoms with Gasteiger partial charge in [0.2, 0.25) is 0 Å². The van der Waals surface area contributed by atoms with E-state index in [9.17, 15) is 9.18 Å². The SMILES string of the molecule is COc1cc(-n2cnnn2)c(Cl)cc1C(=O)N(C)CCCCCc1cc(-c2ccc(F)cc2)n[nH]1. The first kappa shape index (κ1) is 24.3. The van der Waals surface area contributed by atoms with Crippen LogP contribution in [0, 0.1) is 5.82 Å². The van der Waals surface area contributed by atoms with E-state index >= 15 is 0 Å². The third-order valence-electron chi connectivity index (χ3n) is 5.65. The highest BCUT2D eigenvalue weighted by Gasteiger charge is 2.20. The maximum absolute atomic E-state index is 13.1. The topological polar surface area (TPSA) is 102 Å². The minimum absolute atomic E-state index is 0.176. The number of rotatable bonds is 10. The van der Waals surface area contributed by atoms with Gasteiger partial charge in [0.1, 0.15) is 17.9 Å². The smallest absolute Gasteiger partial charge is 0.257 e. The van der Waals surface area contributed by atoms with Crippen molar-refractivity contribution < 1.29 is 13.9 Å². The fourth-order valence-electron chi connectivity index (χ4n) is 3.73. The zero-order chi connectivity index (χ0) is 24.8. The predicted molar refractivity (Wildman–Crippen MR) is 129 cm³/mol. The number of tetrazole rings is 1. The van der Waals surface area contributed by atoms with Crippen LogP contribution < -0.4 is 4.74 Å². The van der Waals surface area contributed by atoms with E-state index in [2.05, 4.69) is 25.7 Å². The molecule has 0 aliphatic carbocycles. The number of aromatic nitrogens is 6. The van der Waals surface area contributed by atoms with E-state index in [0.29, 0.717) is 28.6 Å². The van der Waals surface area contributed by atoms with Crippen molar-refractivity contribution in [1.29, 1.82) is 0 Å². The van der Waals surface area contributed by atoms with Crippen molar-refractivity contribution in [2.45, 2.75) is 25.7 Å². The van der Waals surface area contributed by atoms with E-state index in [1.165, 1.54) is 30.3 Å². The second-order valence-corrected chi connectivity index (χ2v) is 8.49. The van der Waals surface area contributed by atoms with Gasteiger partial charge in [0.05, 0.1) is 29.1 Å². The van der Waals surface area contributed by atoms with Gasteiger partial charge in [0, 0.05) is 30.9 Å². The number of nitrogens with one attached hydrogen (secondary N) is 1. The van der Waals surface area contributed by atoms with Gasteiger partial charge in [0.15, 0.2) is 0 Å². The Morgan fingerprint density at radius 1 is 1.17 bits per heavy atom. The minimum Gasteiger partial charge on any atom is -0.496 e.